The van der Waals surface area contributed by atoms with Gasteiger partial charge in [-0.25, -0.2) is 0 Å². The maximum Gasteiger partial charge on any atom is 0.252 e. The SMILES string of the molecule is N#CCCCCNC(=O)c1cccc(Br)c1Cl. The number of hydrogen-bond acceptors (Lipinski definition) is 2. The average Bonchev–Trinajstić information content (AvgIpc) is 2.32. The summed E-state index contributed by atoms with van der Waals surface area (Å²) in [5.74, 6) is -0.187. The molecule has 0 saturated heterocycles. The van der Waals surface area contributed by atoms with E-state index in [2.05, 4.69) is 27.3 Å². The first-order chi connectivity index (χ1) is 8.16. The van der Waals surface area contributed by atoms with Crippen LogP contribution in [0, 0.1) is 11.3 Å². The smallest absolute Gasteiger partial charge is 0.252 e. The number of unbranched alkanes of at least 4 members (excludes halogenated alkanes) is 2. The maximum atomic E-state index is 11.8. The lowest BCUT2D eigenvalue weighted by Gasteiger charge is -2.07. The number of amides is 1. The second-order valence-electron chi connectivity index (χ2n) is 3.47. The predicted molar refractivity (Wildman–Crippen MR) is 70.9 cm³/mol. The average molecular weight is 316 g/mol. The van der Waals surface area contributed by atoms with Gasteiger partial charge < -0.3 is 5.32 Å². The summed E-state index contributed by atoms with van der Waals surface area (Å²) in [6.45, 7) is 0.559. The van der Waals surface area contributed by atoms with Crippen LogP contribution in [-0.2, 0) is 0 Å². The van der Waals surface area contributed by atoms with Gasteiger partial charge >= 0.3 is 0 Å². The quantitative estimate of drug-likeness (QED) is 0.845. The molecule has 1 aromatic carbocycles. The summed E-state index contributed by atoms with van der Waals surface area (Å²) in [6.07, 6.45) is 2.11. The molecular formula is C12H12BrClN2O. The Morgan fingerprint density at radius 3 is 2.94 bits per heavy atom. The normalized spacial score (nSPS) is 9.71. The van der Waals surface area contributed by atoms with E-state index >= 15 is 0 Å². The summed E-state index contributed by atoms with van der Waals surface area (Å²) in [7, 11) is 0. The van der Waals surface area contributed by atoms with Crippen molar-refractivity contribution < 1.29 is 4.79 Å². The van der Waals surface area contributed by atoms with Crippen molar-refractivity contribution in [2.75, 3.05) is 6.54 Å². The Labute approximate surface area is 114 Å². The third kappa shape index (κ3) is 4.37. The zero-order chi connectivity index (χ0) is 12.7. The van der Waals surface area contributed by atoms with Crippen molar-refractivity contribution in [3.63, 3.8) is 0 Å². The largest absolute Gasteiger partial charge is 0.352 e. The summed E-state index contributed by atoms with van der Waals surface area (Å²) < 4.78 is 0.705. The predicted octanol–water partition coefficient (Wildman–Crippen LogP) is 3.53. The van der Waals surface area contributed by atoms with Crippen molar-refractivity contribution in [2.45, 2.75) is 19.3 Å². The zero-order valence-electron chi connectivity index (χ0n) is 9.17. The van der Waals surface area contributed by atoms with Crippen LogP contribution in [0.1, 0.15) is 29.6 Å². The molecule has 0 bridgehead atoms. The molecule has 17 heavy (non-hydrogen) atoms. The Balaban J connectivity index is 2.48. The molecule has 0 aliphatic heterocycles. The van der Waals surface area contributed by atoms with Gasteiger partial charge in [0.15, 0.2) is 0 Å². The second-order valence-corrected chi connectivity index (χ2v) is 4.70. The summed E-state index contributed by atoms with van der Waals surface area (Å²) >= 11 is 9.27. The highest BCUT2D eigenvalue weighted by Crippen LogP contribution is 2.25. The number of rotatable bonds is 5. The summed E-state index contributed by atoms with van der Waals surface area (Å²) in [4.78, 5) is 11.8. The molecule has 0 radical (unpaired) electrons. The fraction of sp³-hybridized carbons (Fsp3) is 0.333. The molecule has 0 aliphatic carbocycles. The summed E-state index contributed by atoms with van der Waals surface area (Å²) in [5.41, 5.74) is 0.460. The molecule has 0 aromatic heterocycles. The lowest BCUT2D eigenvalue weighted by atomic mass is 10.2. The third-order valence-electron chi connectivity index (χ3n) is 2.20. The third-order valence-corrected chi connectivity index (χ3v) is 3.49. The van der Waals surface area contributed by atoms with Gasteiger partial charge in [-0.1, -0.05) is 17.7 Å². The number of benzene rings is 1. The van der Waals surface area contributed by atoms with E-state index in [1.807, 2.05) is 0 Å². The van der Waals surface area contributed by atoms with Gasteiger partial charge in [0.2, 0.25) is 0 Å². The lowest BCUT2D eigenvalue weighted by Crippen LogP contribution is -2.24. The Morgan fingerprint density at radius 2 is 2.24 bits per heavy atom. The van der Waals surface area contributed by atoms with Crippen LogP contribution in [0.25, 0.3) is 0 Å². The van der Waals surface area contributed by atoms with Gasteiger partial charge in [0.25, 0.3) is 5.91 Å². The van der Waals surface area contributed by atoms with E-state index in [-0.39, 0.29) is 5.91 Å². The second kappa shape index (κ2) is 7.31. The first-order valence-electron chi connectivity index (χ1n) is 5.26. The molecule has 1 aromatic rings. The number of hydrogen-bond donors (Lipinski definition) is 1. The standard InChI is InChI=1S/C12H12BrClN2O/c13-10-6-4-5-9(11(10)14)12(17)16-8-3-1-2-7-15/h4-6H,1-3,8H2,(H,16,17). The monoisotopic (exact) mass is 314 g/mol. The minimum atomic E-state index is -0.187. The van der Waals surface area contributed by atoms with Crippen molar-refractivity contribution in [1.29, 1.82) is 5.26 Å². The molecule has 5 heteroatoms. The molecule has 0 atom stereocenters. The van der Waals surface area contributed by atoms with Crippen LogP contribution in [0.4, 0.5) is 0 Å². The van der Waals surface area contributed by atoms with Crippen molar-refractivity contribution >= 4 is 33.4 Å². The molecule has 90 valence electrons. The van der Waals surface area contributed by atoms with E-state index in [9.17, 15) is 4.79 Å². The molecule has 0 spiro atoms. The van der Waals surface area contributed by atoms with E-state index in [1.165, 1.54) is 0 Å². The van der Waals surface area contributed by atoms with Gasteiger partial charge in [0, 0.05) is 17.4 Å². The minimum absolute atomic E-state index is 0.187. The van der Waals surface area contributed by atoms with Crippen LogP contribution in [0.15, 0.2) is 22.7 Å². The highest BCUT2D eigenvalue weighted by Gasteiger charge is 2.11. The molecule has 1 rings (SSSR count). The van der Waals surface area contributed by atoms with Crippen LogP contribution in [0.5, 0.6) is 0 Å². The molecule has 3 nitrogen and oxygen atoms in total. The first-order valence-corrected chi connectivity index (χ1v) is 6.43. The molecule has 1 amide bonds. The van der Waals surface area contributed by atoms with Gasteiger partial charge in [-0.15, -0.1) is 0 Å². The van der Waals surface area contributed by atoms with E-state index in [0.29, 0.717) is 28.0 Å². The minimum Gasteiger partial charge on any atom is -0.352 e. The summed E-state index contributed by atoms with van der Waals surface area (Å²) in [5, 5.41) is 11.6. The van der Waals surface area contributed by atoms with Gasteiger partial charge in [-0.05, 0) is 40.9 Å². The Hall–Kier alpha value is -1.05. The van der Waals surface area contributed by atoms with E-state index in [1.54, 1.807) is 18.2 Å². The number of nitrogens with zero attached hydrogens (tertiary/aromatic N) is 1. The highest BCUT2D eigenvalue weighted by atomic mass is 79.9. The van der Waals surface area contributed by atoms with E-state index in [4.69, 9.17) is 16.9 Å². The van der Waals surface area contributed by atoms with E-state index in [0.717, 1.165) is 12.8 Å². The Morgan fingerprint density at radius 1 is 1.47 bits per heavy atom. The molecule has 0 aliphatic rings. The fourth-order valence-electron chi connectivity index (χ4n) is 1.31. The highest BCUT2D eigenvalue weighted by molar-refractivity contribution is 9.10. The van der Waals surface area contributed by atoms with Crippen molar-refractivity contribution in [3.8, 4) is 6.07 Å². The fourth-order valence-corrected chi connectivity index (χ4v) is 1.88. The number of nitrogens with one attached hydrogen (secondary N) is 1. The van der Waals surface area contributed by atoms with Crippen LogP contribution < -0.4 is 5.32 Å². The van der Waals surface area contributed by atoms with Crippen LogP contribution in [0.2, 0.25) is 5.02 Å². The van der Waals surface area contributed by atoms with Crippen molar-refractivity contribution in [1.82, 2.24) is 5.32 Å². The van der Waals surface area contributed by atoms with Gasteiger partial charge in [-0.3, -0.25) is 4.79 Å². The van der Waals surface area contributed by atoms with Gasteiger partial charge in [0.05, 0.1) is 16.7 Å². The molecule has 0 fully saturated rings. The van der Waals surface area contributed by atoms with E-state index < -0.39 is 0 Å². The first kappa shape index (κ1) is 14.0. The van der Waals surface area contributed by atoms with Gasteiger partial charge in [0.1, 0.15) is 0 Å². The number of carbonyl (C=O) groups is 1. The molecule has 0 saturated carbocycles. The van der Waals surface area contributed by atoms with Crippen LogP contribution >= 0.6 is 27.5 Å². The maximum absolute atomic E-state index is 11.8. The number of nitriles is 1. The molecular weight excluding hydrogens is 304 g/mol. The summed E-state index contributed by atoms with van der Waals surface area (Å²) in [6, 6.07) is 7.29. The number of halogens is 2. The Bertz CT molecular complexity index is 443. The molecule has 1 N–H and O–H groups in total. The molecule has 0 unspecified atom stereocenters. The Kier molecular flexibility index (Phi) is 6.03. The van der Waals surface area contributed by atoms with Crippen LogP contribution in [-0.4, -0.2) is 12.5 Å². The lowest BCUT2D eigenvalue weighted by molar-refractivity contribution is 0.0953. The van der Waals surface area contributed by atoms with Gasteiger partial charge in [-0.2, -0.15) is 5.26 Å². The van der Waals surface area contributed by atoms with Crippen molar-refractivity contribution in [3.05, 3.63) is 33.3 Å². The zero-order valence-corrected chi connectivity index (χ0v) is 11.5. The van der Waals surface area contributed by atoms with Crippen molar-refractivity contribution in [2.24, 2.45) is 0 Å². The molecule has 0 heterocycles. The van der Waals surface area contributed by atoms with Crippen LogP contribution in [0.3, 0.4) is 0 Å². The topological polar surface area (TPSA) is 52.9 Å². The number of carbonyl (C=O) groups excluding carboxylic acids is 1.